The molecular formula is C33H36NO3P. The number of nitrogens with zero attached hydrogens (tertiary/aromatic N) is 1. The fourth-order valence-electron chi connectivity index (χ4n) is 6.62. The molecule has 3 aromatic rings. The molecule has 4 nitrogen and oxygen atoms in total. The molecule has 2 bridgehead atoms. The van der Waals surface area contributed by atoms with Crippen molar-refractivity contribution in [1.29, 1.82) is 0 Å². The molecule has 1 heterocycles. The van der Waals surface area contributed by atoms with Crippen LogP contribution in [0.25, 0.3) is 0 Å². The van der Waals surface area contributed by atoms with E-state index < -0.39 is 24.3 Å². The first-order valence-electron chi connectivity index (χ1n) is 13.4. The van der Waals surface area contributed by atoms with Crippen LogP contribution in [0.2, 0.25) is 0 Å². The molecule has 196 valence electrons. The van der Waals surface area contributed by atoms with Crippen LogP contribution in [-0.4, -0.2) is 33.3 Å². The fraction of sp³-hybridized carbons (Fsp3) is 0.333. The Balaban J connectivity index is 1.97. The largest absolute Gasteiger partial charge is 0.294 e. The lowest BCUT2D eigenvalue weighted by Gasteiger charge is -2.42. The van der Waals surface area contributed by atoms with Gasteiger partial charge in [-0.25, -0.2) is 0 Å². The second-order valence-electron chi connectivity index (χ2n) is 11.6. The minimum atomic E-state index is -2.98. The number of amides is 2. The summed E-state index contributed by atoms with van der Waals surface area (Å²) >= 11 is 0. The number of Topliss-reactive ketones (excluding diaryl/α,β-unsaturated/α-hetero) is 1. The maximum Gasteiger partial charge on any atom is 0.265 e. The fourth-order valence-corrected chi connectivity index (χ4v) is 11.1. The van der Waals surface area contributed by atoms with Gasteiger partial charge in [0.25, 0.3) is 5.91 Å². The molecule has 2 fully saturated rings. The van der Waals surface area contributed by atoms with E-state index in [1.165, 1.54) is 4.90 Å². The van der Waals surface area contributed by atoms with Crippen LogP contribution in [0.4, 0.5) is 0 Å². The minimum absolute atomic E-state index is 0.143. The van der Waals surface area contributed by atoms with Gasteiger partial charge in [0.15, 0.2) is 5.78 Å². The Labute approximate surface area is 226 Å². The number of likely N-dealkylation sites (tertiary alicyclic amines) is 1. The molecule has 2 aliphatic rings. The van der Waals surface area contributed by atoms with E-state index in [0.717, 1.165) is 28.8 Å². The van der Waals surface area contributed by atoms with E-state index in [1.54, 1.807) is 0 Å². The summed E-state index contributed by atoms with van der Waals surface area (Å²) in [5, 5.41) is 3.02. The third kappa shape index (κ3) is 3.61. The lowest BCUT2D eigenvalue weighted by molar-refractivity contribution is -0.146. The molecule has 1 aliphatic carbocycles. The summed E-state index contributed by atoms with van der Waals surface area (Å²) < 4.78 is 0. The van der Waals surface area contributed by atoms with Crippen LogP contribution in [0, 0.1) is 17.3 Å². The smallest absolute Gasteiger partial charge is 0.265 e. The first kappa shape index (κ1) is 26.4. The van der Waals surface area contributed by atoms with Gasteiger partial charge in [-0.1, -0.05) is 119 Å². The topological polar surface area (TPSA) is 54.5 Å². The minimum Gasteiger partial charge on any atom is -0.294 e. The molecule has 0 spiro atoms. The van der Waals surface area contributed by atoms with Crippen LogP contribution in [0.1, 0.15) is 47.5 Å². The van der Waals surface area contributed by atoms with Crippen molar-refractivity contribution in [2.45, 2.75) is 53.0 Å². The number of rotatable bonds is 6. The molecule has 1 aliphatic heterocycles. The summed E-state index contributed by atoms with van der Waals surface area (Å²) in [6.45, 7) is 6.92. The number of carbonyl (C=O) groups excluding carboxylic acids is 3. The van der Waals surface area contributed by atoms with Crippen molar-refractivity contribution in [1.82, 2.24) is 4.90 Å². The molecular weight excluding hydrogens is 489 g/mol. The van der Waals surface area contributed by atoms with Crippen LogP contribution < -0.4 is 15.9 Å². The Hall–Kier alpha value is -3.23. The number of benzene rings is 3. The monoisotopic (exact) mass is 525 g/mol. The molecule has 2 amide bonds. The Morgan fingerprint density at radius 1 is 0.789 bits per heavy atom. The number of imide groups is 1. The van der Waals surface area contributed by atoms with E-state index in [9.17, 15) is 9.59 Å². The van der Waals surface area contributed by atoms with Crippen molar-refractivity contribution in [3.05, 3.63) is 91.0 Å². The van der Waals surface area contributed by atoms with Crippen molar-refractivity contribution in [2.24, 2.45) is 17.3 Å². The predicted octanol–water partition coefficient (Wildman–Crippen LogP) is 4.94. The molecule has 0 aromatic heterocycles. The van der Waals surface area contributed by atoms with Gasteiger partial charge in [-0.05, 0) is 48.0 Å². The summed E-state index contributed by atoms with van der Waals surface area (Å²) in [6.07, 6.45) is 1.52. The Morgan fingerprint density at radius 2 is 1.21 bits per heavy atom. The van der Waals surface area contributed by atoms with Crippen LogP contribution in [0.5, 0.6) is 0 Å². The summed E-state index contributed by atoms with van der Waals surface area (Å²) in [7, 11) is 0. The Morgan fingerprint density at radius 3 is 1.55 bits per heavy atom. The van der Waals surface area contributed by atoms with E-state index in [1.807, 2.05) is 112 Å². The van der Waals surface area contributed by atoms with Crippen molar-refractivity contribution in [3.63, 3.8) is 0 Å². The lowest BCUT2D eigenvalue weighted by Crippen LogP contribution is -2.56. The van der Waals surface area contributed by atoms with E-state index in [-0.39, 0.29) is 28.3 Å². The van der Waals surface area contributed by atoms with E-state index >= 15 is 4.79 Å². The van der Waals surface area contributed by atoms with E-state index in [4.69, 9.17) is 0 Å². The second kappa shape index (κ2) is 9.50. The van der Waals surface area contributed by atoms with Gasteiger partial charge in [-0.3, -0.25) is 19.3 Å². The quantitative estimate of drug-likeness (QED) is 0.338. The molecule has 0 unspecified atom stereocenters. The predicted molar refractivity (Wildman–Crippen MR) is 157 cm³/mol. The Bertz CT molecular complexity index is 1340. The average molecular weight is 526 g/mol. The standard InChI is InChI=1S/C33H36NO3P/c1-23(2)28(35)29(31(37)34-30(36)27-21-22-33(34,5)32(27,3)4)38(24-15-9-6-10-16-24,25-17-11-7-12-18-25)26-19-13-8-14-20-26/h6-20,23,27H,21-22H2,1-5H3/t27-,33-/m1/s1. The van der Waals surface area contributed by atoms with Gasteiger partial charge in [0.2, 0.25) is 5.91 Å². The van der Waals surface area contributed by atoms with E-state index in [0.29, 0.717) is 0 Å². The van der Waals surface area contributed by atoms with Gasteiger partial charge in [0, 0.05) is 11.8 Å². The molecule has 1 saturated carbocycles. The van der Waals surface area contributed by atoms with Gasteiger partial charge < -0.3 is 0 Å². The number of carbonyl (C=O) groups is 3. The highest BCUT2D eigenvalue weighted by molar-refractivity contribution is 7.97. The first-order valence-corrected chi connectivity index (χ1v) is 15.2. The summed E-state index contributed by atoms with van der Waals surface area (Å²) in [5.41, 5.74) is -1.01. The molecule has 5 rings (SSSR count). The maximum absolute atomic E-state index is 15.0. The van der Waals surface area contributed by atoms with Gasteiger partial charge in [0.1, 0.15) is 0 Å². The third-order valence-electron chi connectivity index (χ3n) is 9.12. The number of piperidine rings is 1. The molecule has 0 radical (unpaired) electrons. The van der Waals surface area contributed by atoms with Crippen molar-refractivity contribution in [3.8, 4) is 0 Å². The average Bonchev–Trinajstić information content (AvgIpc) is 3.24. The number of hydrogen-bond acceptors (Lipinski definition) is 3. The van der Waals surface area contributed by atoms with E-state index in [2.05, 4.69) is 13.8 Å². The third-order valence-corrected chi connectivity index (χ3v) is 13.4. The van der Waals surface area contributed by atoms with Crippen molar-refractivity contribution >= 4 is 45.7 Å². The zero-order valence-corrected chi connectivity index (χ0v) is 23.7. The highest BCUT2D eigenvalue weighted by atomic mass is 31.2. The summed E-state index contributed by atoms with van der Waals surface area (Å²) in [6, 6.07) is 29.8. The van der Waals surface area contributed by atoms with Crippen LogP contribution in [0.3, 0.4) is 0 Å². The highest BCUT2D eigenvalue weighted by Crippen LogP contribution is 2.60. The summed E-state index contributed by atoms with van der Waals surface area (Å²) in [4.78, 5) is 44.8. The zero-order chi connectivity index (χ0) is 27.3. The molecule has 5 heteroatoms. The number of hydrogen-bond donors (Lipinski definition) is 0. The molecule has 0 N–H and O–H groups in total. The molecule has 3 aromatic carbocycles. The number of fused-ring (bicyclic) bond motifs is 2. The van der Waals surface area contributed by atoms with Crippen LogP contribution >= 0.6 is 6.89 Å². The van der Waals surface area contributed by atoms with Crippen LogP contribution in [0.15, 0.2) is 91.0 Å². The Kier molecular flexibility index (Phi) is 6.60. The maximum atomic E-state index is 15.0. The zero-order valence-electron chi connectivity index (χ0n) is 22.8. The second-order valence-corrected chi connectivity index (χ2v) is 14.9. The van der Waals surface area contributed by atoms with Crippen LogP contribution in [-0.2, 0) is 14.4 Å². The SMILES string of the molecule is CC(C)C(=O)C(C(=O)N1C(=O)[C@H]2CC[C@]1(C)C2(C)C)=P(c1ccccc1)(c1ccccc1)c1ccccc1. The first-order chi connectivity index (χ1) is 18.1. The van der Waals surface area contributed by atoms with Gasteiger partial charge in [-0.2, -0.15) is 0 Å². The lowest BCUT2D eigenvalue weighted by atomic mass is 9.75. The normalized spacial score (nSPS) is 22.1. The molecule has 38 heavy (non-hydrogen) atoms. The summed E-state index contributed by atoms with van der Waals surface area (Å²) in [5.74, 6) is -1.40. The van der Waals surface area contributed by atoms with Gasteiger partial charge in [-0.15, -0.1) is 0 Å². The van der Waals surface area contributed by atoms with Crippen molar-refractivity contribution < 1.29 is 14.4 Å². The van der Waals surface area contributed by atoms with Gasteiger partial charge in [0.05, 0.1) is 10.8 Å². The van der Waals surface area contributed by atoms with Crippen molar-refractivity contribution in [2.75, 3.05) is 0 Å². The number of ketones is 1. The van der Waals surface area contributed by atoms with Gasteiger partial charge >= 0.3 is 0 Å². The molecule has 1 saturated heterocycles. The molecule has 2 atom stereocenters. The highest BCUT2D eigenvalue weighted by Gasteiger charge is 2.67.